The Bertz CT molecular complexity index is 371. The Hall–Kier alpha value is -1.84. The first-order valence-corrected chi connectivity index (χ1v) is 3.66. The Morgan fingerprint density at radius 2 is 2.00 bits per heavy atom. The molecule has 4 nitrogen and oxygen atoms in total. The summed E-state index contributed by atoms with van der Waals surface area (Å²) in [7, 11) is 0. The number of primary amides is 1. The summed E-state index contributed by atoms with van der Waals surface area (Å²) in [5.41, 5.74) is 5.66. The molecular weight excluding hydrogens is 170 g/mol. The molecule has 68 valence electrons. The smallest absolute Gasteiger partial charge is 0.336 e. The van der Waals surface area contributed by atoms with Crippen molar-refractivity contribution in [3.05, 3.63) is 34.9 Å². The Labute approximate surface area is 75.0 Å². The lowest BCUT2D eigenvalue weighted by molar-refractivity contribution is 0.0692. The van der Waals surface area contributed by atoms with E-state index < -0.39 is 11.9 Å². The van der Waals surface area contributed by atoms with Crippen LogP contribution in [0.3, 0.4) is 0 Å². The van der Waals surface area contributed by atoms with Gasteiger partial charge < -0.3 is 10.8 Å². The molecule has 3 N–H and O–H groups in total. The zero-order valence-corrected chi connectivity index (χ0v) is 7.07. The van der Waals surface area contributed by atoms with Crippen molar-refractivity contribution in [3.63, 3.8) is 0 Å². The van der Waals surface area contributed by atoms with Crippen LogP contribution >= 0.6 is 0 Å². The van der Waals surface area contributed by atoms with Crippen LogP contribution in [0.25, 0.3) is 0 Å². The van der Waals surface area contributed by atoms with E-state index in [1.54, 1.807) is 19.1 Å². The van der Waals surface area contributed by atoms with Crippen molar-refractivity contribution in [1.82, 2.24) is 0 Å². The second-order valence-electron chi connectivity index (χ2n) is 2.67. The summed E-state index contributed by atoms with van der Waals surface area (Å²) in [6.45, 7) is 1.65. The molecule has 4 heteroatoms. The number of hydrogen-bond acceptors (Lipinski definition) is 2. The molecular formula is C9H9NO3. The van der Waals surface area contributed by atoms with Crippen LogP contribution in [0.1, 0.15) is 26.3 Å². The fourth-order valence-corrected chi connectivity index (χ4v) is 1.17. The number of carboxylic acids is 1. The average molecular weight is 179 g/mol. The quantitative estimate of drug-likeness (QED) is 0.704. The Morgan fingerprint density at radius 3 is 2.38 bits per heavy atom. The Balaban J connectivity index is 3.43. The summed E-state index contributed by atoms with van der Waals surface area (Å²) in [6.07, 6.45) is 0. The van der Waals surface area contributed by atoms with Gasteiger partial charge in [-0.05, 0) is 18.6 Å². The molecule has 1 aromatic carbocycles. The van der Waals surface area contributed by atoms with Crippen LogP contribution < -0.4 is 5.73 Å². The molecule has 1 amide bonds. The maximum atomic E-state index is 10.9. The fourth-order valence-electron chi connectivity index (χ4n) is 1.17. The van der Waals surface area contributed by atoms with Crippen LogP contribution in [-0.2, 0) is 0 Å². The number of aromatic carboxylic acids is 1. The molecule has 0 spiro atoms. The summed E-state index contributed by atoms with van der Waals surface area (Å²) >= 11 is 0. The molecule has 0 atom stereocenters. The number of nitrogens with two attached hydrogens (primary N) is 1. The molecule has 0 saturated carbocycles. The van der Waals surface area contributed by atoms with Gasteiger partial charge in [-0.15, -0.1) is 0 Å². The first kappa shape index (κ1) is 9.25. The van der Waals surface area contributed by atoms with E-state index in [1.165, 1.54) is 6.07 Å². The molecule has 0 saturated heterocycles. The van der Waals surface area contributed by atoms with E-state index in [2.05, 4.69) is 0 Å². The highest BCUT2D eigenvalue weighted by Gasteiger charge is 2.15. The summed E-state index contributed by atoms with van der Waals surface area (Å²) in [4.78, 5) is 21.6. The maximum Gasteiger partial charge on any atom is 0.336 e. The third-order valence-corrected chi connectivity index (χ3v) is 1.75. The molecule has 13 heavy (non-hydrogen) atoms. The summed E-state index contributed by atoms with van der Waals surface area (Å²) in [5, 5.41) is 8.73. The van der Waals surface area contributed by atoms with Gasteiger partial charge in [0.2, 0.25) is 5.91 Å². The third-order valence-electron chi connectivity index (χ3n) is 1.75. The number of carbonyl (C=O) groups is 2. The lowest BCUT2D eigenvalue weighted by Crippen LogP contribution is -2.17. The van der Waals surface area contributed by atoms with Crippen molar-refractivity contribution >= 4 is 11.9 Å². The number of benzene rings is 1. The van der Waals surface area contributed by atoms with Gasteiger partial charge in [-0.2, -0.15) is 0 Å². The van der Waals surface area contributed by atoms with Crippen LogP contribution in [0, 0.1) is 6.92 Å². The zero-order valence-electron chi connectivity index (χ0n) is 7.07. The first-order chi connectivity index (χ1) is 6.04. The number of hydrogen-bond donors (Lipinski definition) is 2. The predicted molar refractivity (Wildman–Crippen MR) is 46.7 cm³/mol. The lowest BCUT2D eigenvalue weighted by atomic mass is 10.0. The highest BCUT2D eigenvalue weighted by molar-refractivity contribution is 6.05. The van der Waals surface area contributed by atoms with E-state index >= 15 is 0 Å². The molecule has 0 fully saturated rings. The molecule has 1 aromatic rings. The van der Waals surface area contributed by atoms with E-state index in [9.17, 15) is 9.59 Å². The number of carbonyl (C=O) groups excluding carboxylic acids is 1. The average Bonchev–Trinajstić information content (AvgIpc) is 2.02. The molecule has 0 aliphatic rings. The SMILES string of the molecule is Cc1cccc(C(=O)O)c1C(N)=O. The van der Waals surface area contributed by atoms with Crippen LogP contribution in [0.4, 0.5) is 0 Å². The van der Waals surface area contributed by atoms with E-state index in [-0.39, 0.29) is 11.1 Å². The van der Waals surface area contributed by atoms with E-state index in [0.29, 0.717) is 5.56 Å². The molecule has 0 bridgehead atoms. The molecule has 0 heterocycles. The van der Waals surface area contributed by atoms with Crippen molar-refractivity contribution in [2.24, 2.45) is 5.73 Å². The number of carboxylic acid groups (broad SMARTS) is 1. The topological polar surface area (TPSA) is 80.4 Å². The van der Waals surface area contributed by atoms with Gasteiger partial charge in [-0.3, -0.25) is 4.79 Å². The molecule has 1 rings (SSSR count). The van der Waals surface area contributed by atoms with Gasteiger partial charge in [0.05, 0.1) is 11.1 Å². The normalized spacial score (nSPS) is 9.62. The molecule has 0 unspecified atom stereocenters. The maximum absolute atomic E-state index is 10.9. The van der Waals surface area contributed by atoms with Gasteiger partial charge in [0.25, 0.3) is 0 Å². The minimum absolute atomic E-state index is 0.0486. The summed E-state index contributed by atoms with van der Waals surface area (Å²) in [5.74, 6) is -1.85. The van der Waals surface area contributed by atoms with Crippen molar-refractivity contribution in [2.75, 3.05) is 0 Å². The van der Waals surface area contributed by atoms with Crippen LogP contribution in [0.2, 0.25) is 0 Å². The number of aryl methyl sites for hydroxylation is 1. The van der Waals surface area contributed by atoms with Gasteiger partial charge in [0, 0.05) is 0 Å². The molecule has 0 radical (unpaired) electrons. The number of rotatable bonds is 2. The highest BCUT2D eigenvalue weighted by atomic mass is 16.4. The van der Waals surface area contributed by atoms with Gasteiger partial charge in [-0.25, -0.2) is 4.79 Å². The largest absolute Gasteiger partial charge is 0.478 e. The van der Waals surface area contributed by atoms with Crippen molar-refractivity contribution in [1.29, 1.82) is 0 Å². The predicted octanol–water partition coefficient (Wildman–Crippen LogP) is 0.792. The monoisotopic (exact) mass is 179 g/mol. The van der Waals surface area contributed by atoms with E-state index in [0.717, 1.165) is 0 Å². The van der Waals surface area contributed by atoms with Crippen molar-refractivity contribution < 1.29 is 14.7 Å². The third kappa shape index (κ3) is 1.66. The summed E-state index contributed by atoms with van der Waals surface area (Å²) < 4.78 is 0. The van der Waals surface area contributed by atoms with Crippen molar-refractivity contribution in [3.8, 4) is 0 Å². The Kier molecular flexibility index (Phi) is 2.32. The van der Waals surface area contributed by atoms with Gasteiger partial charge in [-0.1, -0.05) is 12.1 Å². The van der Waals surface area contributed by atoms with E-state index in [1.807, 2.05) is 0 Å². The number of amides is 1. The second kappa shape index (κ2) is 3.26. The standard InChI is InChI=1S/C9H9NO3/c1-5-3-2-4-6(9(12)13)7(5)8(10)11/h2-4H,1H3,(H2,10,11)(H,12,13). The zero-order chi connectivity index (χ0) is 10.0. The Morgan fingerprint density at radius 1 is 1.38 bits per heavy atom. The first-order valence-electron chi connectivity index (χ1n) is 3.66. The van der Waals surface area contributed by atoms with Gasteiger partial charge in [0.1, 0.15) is 0 Å². The fraction of sp³-hybridized carbons (Fsp3) is 0.111. The molecule has 0 aromatic heterocycles. The summed E-state index contributed by atoms with van der Waals surface area (Å²) in [6, 6.07) is 4.58. The van der Waals surface area contributed by atoms with Gasteiger partial charge >= 0.3 is 5.97 Å². The lowest BCUT2D eigenvalue weighted by Gasteiger charge is -2.04. The second-order valence-corrected chi connectivity index (χ2v) is 2.67. The minimum Gasteiger partial charge on any atom is -0.478 e. The van der Waals surface area contributed by atoms with Crippen LogP contribution in [-0.4, -0.2) is 17.0 Å². The van der Waals surface area contributed by atoms with Gasteiger partial charge in [0.15, 0.2) is 0 Å². The minimum atomic E-state index is -1.14. The van der Waals surface area contributed by atoms with Crippen molar-refractivity contribution in [2.45, 2.75) is 6.92 Å². The van der Waals surface area contributed by atoms with Crippen LogP contribution in [0.15, 0.2) is 18.2 Å². The van der Waals surface area contributed by atoms with E-state index in [4.69, 9.17) is 10.8 Å². The van der Waals surface area contributed by atoms with Crippen LogP contribution in [0.5, 0.6) is 0 Å². The molecule has 0 aliphatic carbocycles. The molecule has 0 aliphatic heterocycles. The highest BCUT2D eigenvalue weighted by Crippen LogP contribution is 2.13.